The third-order valence-electron chi connectivity index (χ3n) is 2.84. The molecule has 0 saturated carbocycles. The molecule has 1 aliphatic heterocycles. The molecule has 1 atom stereocenters. The van der Waals surface area contributed by atoms with Gasteiger partial charge in [0.1, 0.15) is 0 Å². The minimum absolute atomic E-state index is 0.186. The Hall–Kier alpha value is -0.610. The van der Waals surface area contributed by atoms with Crippen molar-refractivity contribution in [1.82, 2.24) is 4.90 Å². The number of aliphatic hydroxyl groups is 1. The van der Waals surface area contributed by atoms with Crippen LogP contribution in [0.15, 0.2) is 0 Å². The number of carbonyl (C=O) groups excluding carboxylic acids is 1. The molecule has 1 rings (SSSR count). The number of β-amino-alcohol motifs (C(OH)–C–C–N with tert-alkyl or cyclic N) is 1. The first-order valence-electron chi connectivity index (χ1n) is 5.90. The number of unbranched alkanes of at least 4 members (excludes halogenated alkanes) is 2. The number of piperidine rings is 1. The van der Waals surface area contributed by atoms with Crippen molar-refractivity contribution in [3.8, 4) is 0 Å². The number of nitrogens with zero attached hydrogens (tertiary/aromatic N) is 1. The predicted molar refractivity (Wildman–Crippen MR) is 59.3 cm³/mol. The average Bonchev–Trinajstić information content (AvgIpc) is 2.24. The van der Waals surface area contributed by atoms with E-state index in [1.807, 2.05) is 0 Å². The molecule has 1 aliphatic rings. The summed E-state index contributed by atoms with van der Waals surface area (Å²) in [6, 6.07) is 0. The molecule has 0 aromatic rings. The van der Waals surface area contributed by atoms with Gasteiger partial charge in [0, 0.05) is 19.5 Å². The van der Waals surface area contributed by atoms with Crippen LogP contribution in [0.25, 0.3) is 0 Å². The van der Waals surface area contributed by atoms with Crippen LogP contribution < -0.4 is 5.73 Å². The summed E-state index contributed by atoms with van der Waals surface area (Å²) in [4.78, 5) is 13.5. The van der Waals surface area contributed by atoms with E-state index in [-0.39, 0.29) is 12.0 Å². The van der Waals surface area contributed by atoms with Crippen LogP contribution in [0.4, 0.5) is 0 Å². The molecule has 0 aliphatic carbocycles. The first-order chi connectivity index (χ1) is 7.24. The van der Waals surface area contributed by atoms with Crippen molar-refractivity contribution in [1.29, 1.82) is 0 Å². The van der Waals surface area contributed by atoms with Crippen LogP contribution in [0, 0.1) is 0 Å². The highest BCUT2D eigenvalue weighted by Crippen LogP contribution is 2.12. The normalized spacial score (nSPS) is 21.7. The van der Waals surface area contributed by atoms with Crippen molar-refractivity contribution < 1.29 is 9.90 Å². The summed E-state index contributed by atoms with van der Waals surface area (Å²) < 4.78 is 0. The molecule has 0 aromatic heterocycles. The van der Waals surface area contributed by atoms with Gasteiger partial charge in [-0.3, -0.25) is 4.79 Å². The zero-order valence-electron chi connectivity index (χ0n) is 9.32. The smallest absolute Gasteiger partial charge is 0.222 e. The molecule has 0 radical (unpaired) electrons. The summed E-state index contributed by atoms with van der Waals surface area (Å²) in [5, 5.41) is 9.43. The maximum Gasteiger partial charge on any atom is 0.222 e. The molecular weight excluding hydrogens is 192 g/mol. The first kappa shape index (κ1) is 12.5. The highest BCUT2D eigenvalue weighted by Gasteiger charge is 2.21. The molecular formula is C11H22N2O2. The Morgan fingerprint density at radius 2 is 2.20 bits per heavy atom. The first-order valence-corrected chi connectivity index (χ1v) is 5.90. The van der Waals surface area contributed by atoms with E-state index in [2.05, 4.69) is 0 Å². The Balaban J connectivity index is 2.15. The van der Waals surface area contributed by atoms with Gasteiger partial charge in [-0.25, -0.2) is 0 Å². The molecule has 1 unspecified atom stereocenters. The second kappa shape index (κ2) is 6.80. The van der Waals surface area contributed by atoms with Crippen molar-refractivity contribution in [2.24, 2.45) is 5.73 Å². The maximum absolute atomic E-state index is 11.7. The Kier molecular flexibility index (Phi) is 5.65. The standard InChI is InChI=1S/C11H22N2O2/c12-7-3-1-2-6-11(15)13-8-4-5-10(14)9-13/h10,14H,1-9,12H2. The second-order valence-corrected chi connectivity index (χ2v) is 4.24. The van der Waals surface area contributed by atoms with E-state index in [9.17, 15) is 9.90 Å². The highest BCUT2D eigenvalue weighted by molar-refractivity contribution is 5.76. The van der Waals surface area contributed by atoms with Crippen LogP contribution in [-0.4, -0.2) is 41.7 Å². The lowest BCUT2D eigenvalue weighted by Gasteiger charge is -2.30. The third-order valence-corrected chi connectivity index (χ3v) is 2.84. The summed E-state index contributed by atoms with van der Waals surface area (Å²) in [5.74, 6) is 0.186. The molecule has 0 bridgehead atoms. The summed E-state index contributed by atoms with van der Waals surface area (Å²) in [6.45, 7) is 2.04. The Labute approximate surface area is 91.4 Å². The lowest BCUT2D eigenvalue weighted by Crippen LogP contribution is -2.42. The number of nitrogens with two attached hydrogens (primary N) is 1. The number of carbonyl (C=O) groups is 1. The molecule has 88 valence electrons. The topological polar surface area (TPSA) is 66.6 Å². The van der Waals surface area contributed by atoms with Crippen molar-refractivity contribution in [2.75, 3.05) is 19.6 Å². The maximum atomic E-state index is 11.7. The summed E-state index contributed by atoms with van der Waals surface area (Å²) in [5.41, 5.74) is 5.38. The van der Waals surface area contributed by atoms with Gasteiger partial charge in [-0.05, 0) is 32.2 Å². The van der Waals surface area contributed by atoms with E-state index in [4.69, 9.17) is 5.73 Å². The summed E-state index contributed by atoms with van der Waals surface area (Å²) >= 11 is 0. The van der Waals surface area contributed by atoms with Crippen molar-refractivity contribution >= 4 is 5.91 Å². The minimum Gasteiger partial charge on any atom is -0.391 e. The summed E-state index contributed by atoms with van der Waals surface area (Å²) in [7, 11) is 0. The van der Waals surface area contributed by atoms with E-state index in [1.165, 1.54) is 0 Å². The van der Waals surface area contributed by atoms with E-state index in [0.717, 1.165) is 38.6 Å². The van der Waals surface area contributed by atoms with Gasteiger partial charge in [0.05, 0.1) is 6.10 Å². The van der Waals surface area contributed by atoms with Gasteiger partial charge >= 0.3 is 0 Å². The molecule has 1 heterocycles. The fourth-order valence-electron chi connectivity index (χ4n) is 1.94. The molecule has 3 N–H and O–H groups in total. The van der Waals surface area contributed by atoms with Gasteiger partial charge in [0.2, 0.25) is 5.91 Å². The average molecular weight is 214 g/mol. The zero-order chi connectivity index (χ0) is 11.1. The lowest BCUT2D eigenvalue weighted by molar-refractivity contribution is -0.134. The van der Waals surface area contributed by atoms with Crippen LogP contribution in [-0.2, 0) is 4.79 Å². The lowest BCUT2D eigenvalue weighted by atomic mass is 10.1. The van der Waals surface area contributed by atoms with Gasteiger partial charge in [-0.1, -0.05) is 6.42 Å². The van der Waals surface area contributed by atoms with E-state index < -0.39 is 0 Å². The van der Waals surface area contributed by atoms with Gasteiger partial charge in [-0.15, -0.1) is 0 Å². The molecule has 4 nitrogen and oxygen atoms in total. The van der Waals surface area contributed by atoms with Crippen molar-refractivity contribution in [2.45, 2.75) is 44.6 Å². The largest absolute Gasteiger partial charge is 0.391 e. The monoisotopic (exact) mass is 214 g/mol. The number of rotatable bonds is 5. The SMILES string of the molecule is NCCCCCC(=O)N1CCCC(O)C1. The molecule has 1 saturated heterocycles. The van der Waals surface area contributed by atoms with Crippen LogP contribution in [0.1, 0.15) is 38.5 Å². The fourth-order valence-corrected chi connectivity index (χ4v) is 1.94. The van der Waals surface area contributed by atoms with Crippen molar-refractivity contribution in [3.05, 3.63) is 0 Å². The van der Waals surface area contributed by atoms with E-state index in [1.54, 1.807) is 4.90 Å². The Morgan fingerprint density at radius 1 is 1.40 bits per heavy atom. The van der Waals surface area contributed by atoms with Gasteiger partial charge in [0.15, 0.2) is 0 Å². The molecule has 0 aromatic carbocycles. The predicted octanol–water partition coefficient (Wildman–Crippen LogP) is 0.489. The summed E-state index contributed by atoms with van der Waals surface area (Å²) in [6.07, 6.45) is 4.99. The van der Waals surface area contributed by atoms with Crippen molar-refractivity contribution in [3.63, 3.8) is 0 Å². The fraction of sp³-hybridized carbons (Fsp3) is 0.909. The highest BCUT2D eigenvalue weighted by atomic mass is 16.3. The van der Waals surface area contributed by atoms with Crippen LogP contribution >= 0.6 is 0 Å². The third kappa shape index (κ3) is 4.62. The number of hydrogen-bond donors (Lipinski definition) is 2. The number of hydrogen-bond acceptors (Lipinski definition) is 3. The molecule has 0 spiro atoms. The second-order valence-electron chi connectivity index (χ2n) is 4.24. The van der Waals surface area contributed by atoms with Crippen LogP contribution in [0.5, 0.6) is 0 Å². The van der Waals surface area contributed by atoms with E-state index in [0.29, 0.717) is 19.5 Å². The zero-order valence-corrected chi connectivity index (χ0v) is 9.32. The Bertz CT molecular complexity index is 197. The van der Waals surface area contributed by atoms with E-state index >= 15 is 0 Å². The van der Waals surface area contributed by atoms with Crippen LogP contribution in [0.3, 0.4) is 0 Å². The molecule has 15 heavy (non-hydrogen) atoms. The molecule has 1 amide bonds. The molecule has 4 heteroatoms. The number of amides is 1. The number of aliphatic hydroxyl groups excluding tert-OH is 1. The van der Waals surface area contributed by atoms with Crippen LogP contribution in [0.2, 0.25) is 0 Å². The quantitative estimate of drug-likeness (QED) is 0.654. The van der Waals surface area contributed by atoms with Gasteiger partial charge in [0.25, 0.3) is 0 Å². The van der Waals surface area contributed by atoms with Gasteiger partial charge in [-0.2, -0.15) is 0 Å². The number of likely N-dealkylation sites (tertiary alicyclic amines) is 1. The molecule has 1 fully saturated rings. The minimum atomic E-state index is -0.313. The Morgan fingerprint density at radius 3 is 2.87 bits per heavy atom. The van der Waals surface area contributed by atoms with Gasteiger partial charge < -0.3 is 15.7 Å².